The van der Waals surface area contributed by atoms with E-state index in [0.717, 1.165) is 13.1 Å². The fraction of sp³-hybridized carbons (Fsp3) is 1.00. The molecule has 0 aliphatic rings. The third kappa shape index (κ3) is 8.25. The number of hydrogen-bond donors (Lipinski definition) is 1. The lowest BCUT2D eigenvalue weighted by molar-refractivity contribution is -0.0329. The third-order valence-electron chi connectivity index (χ3n) is 3.41. The van der Waals surface area contributed by atoms with Gasteiger partial charge in [0.05, 0.1) is 0 Å². The number of halogens is 3. The van der Waals surface area contributed by atoms with Crippen LogP contribution in [0.5, 0.6) is 0 Å². The number of nitrogens with one attached hydrogen (secondary N) is 1. The van der Waals surface area contributed by atoms with Gasteiger partial charge in [-0.25, -0.2) is 0 Å². The zero-order valence-electron chi connectivity index (χ0n) is 12.0. The molecular weight excluding hydrogens is 259 g/mol. The summed E-state index contributed by atoms with van der Waals surface area (Å²) in [5.41, 5.74) is -4.18. The Bertz CT molecular complexity index is 229. The molecule has 110 valence electrons. The molecule has 0 amide bonds. The summed E-state index contributed by atoms with van der Waals surface area (Å²) in [6.45, 7) is 12.2. The summed E-state index contributed by atoms with van der Waals surface area (Å²) in [6.07, 6.45) is 0.583. The standard InChI is InChI=1S/C13H26F3NS/c1-10(2)8-17-9-12(5,11(3)4)6-7-18-13(14,15)16/h10-11,17H,6-9H2,1-5H3. The second-order valence-electron chi connectivity index (χ2n) is 5.88. The Morgan fingerprint density at radius 3 is 2.06 bits per heavy atom. The molecule has 0 aliphatic heterocycles. The maximum Gasteiger partial charge on any atom is 0.441 e. The van der Waals surface area contributed by atoms with Crippen LogP contribution in [-0.4, -0.2) is 24.4 Å². The minimum Gasteiger partial charge on any atom is -0.316 e. The molecule has 1 atom stereocenters. The molecule has 0 radical (unpaired) electrons. The van der Waals surface area contributed by atoms with E-state index in [2.05, 4.69) is 39.9 Å². The van der Waals surface area contributed by atoms with Gasteiger partial charge in [0, 0.05) is 12.3 Å². The Labute approximate surface area is 113 Å². The molecule has 5 heteroatoms. The number of alkyl halides is 3. The predicted molar refractivity (Wildman–Crippen MR) is 73.8 cm³/mol. The molecule has 1 nitrogen and oxygen atoms in total. The lowest BCUT2D eigenvalue weighted by atomic mass is 9.76. The molecule has 1 N–H and O–H groups in total. The summed E-state index contributed by atoms with van der Waals surface area (Å²) in [5.74, 6) is 1.07. The fourth-order valence-electron chi connectivity index (χ4n) is 1.63. The molecule has 1 unspecified atom stereocenters. The van der Waals surface area contributed by atoms with Crippen LogP contribution >= 0.6 is 11.8 Å². The monoisotopic (exact) mass is 285 g/mol. The zero-order chi connectivity index (χ0) is 14.4. The van der Waals surface area contributed by atoms with Crippen molar-refractivity contribution in [1.29, 1.82) is 0 Å². The van der Waals surface area contributed by atoms with E-state index in [1.165, 1.54) is 0 Å². The van der Waals surface area contributed by atoms with Gasteiger partial charge in [-0.3, -0.25) is 0 Å². The molecule has 18 heavy (non-hydrogen) atoms. The first-order valence-electron chi connectivity index (χ1n) is 6.48. The minimum atomic E-state index is -4.11. The Morgan fingerprint density at radius 1 is 1.11 bits per heavy atom. The van der Waals surface area contributed by atoms with Crippen molar-refractivity contribution in [1.82, 2.24) is 5.32 Å². The summed E-state index contributed by atoms with van der Waals surface area (Å²) in [4.78, 5) is 0. The average molecular weight is 285 g/mol. The maximum atomic E-state index is 12.1. The largest absolute Gasteiger partial charge is 0.441 e. The molecule has 0 rings (SSSR count). The molecule has 0 saturated carbocycles. The van der Waals surface area contributed by atoms with Gasteiger partial charge in [-0.05, 0) is 30.2 Å². The van der Waals surface area contributed by atoms with E-state index < -0.39 is 5.51 Å². The minimum absolute atomic E-state index is 0.0762. The van der Waals surface area contributed by atoms with Gasteiger partial charge in [-0.1, -0.05) is 46.4 Å². The van der Waals surface area contributed by atoms with Crippen LogP contribution in [0.1, 0.15) is 41.0 Å². The molecular formula is C13H26F3NS. The molecule has 0 bridgehead atoms. The summed E-state index contributed by atoms with van der Waals surface area (Å²) in [6, 6.07) is 0. The highest BCUT2D eigenvalue weighted by molar-refractivity contribution is 8.00. The van der Waals surface area contributed by atoms with Gasteiger partial charge in [0.15, 0.2) is 0 Å². The van der Waals surface area contributed by atoms with E-state index in [0.29, 0.717) is 18.3 Å². The van der Waals surface area contributed by atoms with Gasteiger partial charge >= 0.3 is 5.51 Å². The summed E-state index contributed by atoms with van der Waals surface area (Å²) in [5, 5.41) is 3.36. The molecule has 0 spiro atoms. The highest BCUT2D eigenvalue weighted by Gasteiger charge is 2.32. The SMILES string of the molecule is CC(C)CNCC(C)(CCSC(F)(F)F)C(C)C. The lowest BCUT2D eigenvalue weighted by Gasteiger charge is -2.34. The molecule has 0 heterocycles. The third-order valence-corrected chi connectivity index (χ3v) is 4.15. The Kier molecular flexibility index (Phi) is 7.67. The van der Waals surface area contributed by atoms with Crippen molar-refractivity contribution in [3.05, 3.63) is 0 Å². The number of thioether (sulfide) groups is 1. The Morgan fingerprint density at radius 2 is 1.67 bits per heavy atom. The normalized spacial score (nSPS) is 16.3. The van der Waals surface area contributed by atoms with E-state index in [9.17, 15) is 13.2 Å². The van der Waals surface area contributed by atoms with E-state index in [1.54, 1.807) is 0 Å². The second kappa shape index (κ2) is 7.63. The Hall–Kier alpha value is 0.100. The van der Waals surface area contributed by atoms with Gasteiger partial charge in [0.1, 0.15) is 0 Å². The smallest absolute Gasteiger partial charge is 0.316 e. The first kappa shape index (κ1) is 18.1. The van der Waals surface area contributed by atoms with Crippen LogP contribution in [0.3, 0.4) is 0 Å². The van der Waals surface area contributed by atoms with Crippen LogP contribution in [0.2, 0.25) is 0 Å². The maximum absolute atomic E-state index is 12.1. The van der Waals surface area contributed by atoms with E-state index in [-0.39, 0.29) is 22.9 Å². The average Bonchev–Trinajstić information content (AvgIpc) is 2.14. The predicted octanol–water partition coefficient (Wildman–Crippen LogP) is 4.54. The quantitative estimate of drug-likeness (QED) is 0.703. The van der Waals surface area contributed by atoms with Crippen molar-refractivity contribution in [3.63, 3.8) is 0 Å². The van der Waals surface area contributed by atoms with Gasteiger partial charge in [-0.15, -0.1) is 0 Å². The summed E-state index contributed by atoms with van der Waals surface area (Å²) >= 11 is 0.0898. The zero-order valence-corrected chi connectivity index (χ0v) is 12.8. The molecule has 0 fully saturated rings. The van der Waals surface area contributed by atoms with E-state index >= 15 is 0 Å². The van der Waals surface area contributed by atoms with Crippen LogP contribution in [0.25, 0.3) is 0 Å². The summed E-state index contributed by atoms with van der Waals surface area (Å²) < 4.78 is 36.4. The van der Waals surface area contributed by atoms with Crippen molar-refractivity contribution in [2.24, 2.45) is 17.3 Å². The van der Waals surface area contributed by atoms with Crippen LogP contribution < -0.4 is 5.32 Å². The van der Waals surface area contributed by atoms with Crippen molar-refractivity contribution < 1.29 is 13.2 Å². The molecule has 0 aromatic rings. The van der Waals surface area contributed by atoms with E-state index in [1.807, 2.05) is 0 Å². The first-order valence-corrected chi connectivity index (χ1v) is 7.47. The number of hydrogen-bond acceptors (Lipinski definition) is 2. The van der Waals surface area contributed by atoms with Crippen molar-refractivity contribution in [3.8, 4) is 0 Å². The van der Waals surface area contributed by atoms with Crippen LogP contribution in [-0.2, 0) is 0 Å². The molecule has 0 aromatic heterocycles. The van der Waals surface area contributed by atoms with Crippen LogP contribution in [0.15, 0.2) is 0 Å². The van der Waals surface area contributed by atoms with Crippen LogP contribution in [0.4, 0.5) is 13.2 Å². The van der Waals surface area contributed by atoms with E-state index in [4.69, 9.17) is 0 Å². The lowest BCUT2D eigenvalue weighted by Crippen LogP contribution is -2.38. The fourth-order valence-corrected chi connectivity index (χ4v) is 2.43. The highest BCUT2D eigenvalue weighted by Crippen LogP contribution is 2.36. The van der Waals surface area contributed by atoms with Gasteiger partial charge < -0.3 is 5.32 Å². The van der Waals surface area contributed by atoms with Crippen LogP contribution in [0, 0.1) is 17.3 Å². The van der Waals surface area contributed by atoms with Crippen molar-refractivity contribution in [2.75, 3.05) is 18.8 Å². The van der Waals surface area contributed by atoms with Crippen molar-refractivity contribution >= 4 is 11.8 Å². The summed E-state index contributed by atoms with van der Waals surface area (Å²) in [7, 11) is 0. The molecule has 0 aromatic carbocycles. The molecule has 0 aliphatic carbocycles. The number of rotatable bonds is 8. The second-order valence-corrected chi connectivity index (χ2v) is 7.04. The first-order chi connectivity index (χ1) is 8.07. The van der Waals surface area contributed by atoms with Crippen molar-refractivity contribution in [2.45, 2.75) is 46.5 Å². The highest BCUT2D eigenvalue weighted by atomic mass is 32.2. The van der Waals surface area contributed by atoms with Gasteiger partial charge in [0.2, 0.25) is 0 Å². The van der Waals surface area contributed by atoms with Gasteiger partial charge in [0.25, 0.3) is 0 Å². The Balaban J connectivity index is 4.18. The topological polar surface area (TPSA) is 12.0 Å². The van der Waals surface area contributed by atoms with Gasteiger partial charge in [-0.2, -0.15) is 13.2 Å². The molecule has 0 saturated heterocycles.